The Hall–Kier alpha value is -2.59. The Morgan fingerprint density at radius 3 is 2.12 bits per heavy atom. The van der Waals surface area contributed by atoms with E-state index in [1.807, 2.05) is 26.8 Å². The van der Waals surface area contributed by atoms with Crippen molar-refractivity contribution in [1.29, 1.82) is 0 Å². The van der Waals surface area contributed by atoms with Gasteiger partial charge < -0.3 is 10.6 Å². The Kier molecular flexibility index (Phi) is 5.99. The summed E-state index contributed by atoms with van der Waals surface area (Å²) in [5.74, 6) is -0.698. The van der Waals surface area contributed by atoms with E-state index in [-0.39, 0.29) is 17.5 Å². The SMILES string of the molecule is CC(C)(C)NC(=O)C(=Cc1ccc(Cl)cc1)NC(=O)c1ccccc1. The molecule has 0 aliphatic carbocycles. The van der Waals surface area contributed by atoms with Crippen molar-refractivity contribution in [2.75, 3.05) is 0 Å². The van der Waals surface area contributed by atoms with Crippen LogP contribution < -0.4 is 10.6 Å². The second-order valence-corrected chi connectivity index (χ2v) is 7.07. The minimum atomic E-state index is -0.423. The normalized spacial score (nSPS) is 11.8. The van der Waals surface area contributed by atoms with E-state index in [1.165, 1.54) is 0 Å². The molecular formula is C20H21ClN2O2. The molecule has 4 nitrogen and oxygen atoms in total. The molecule has 0 aliphatic heterocycles. The van der Waals surface area contributed by atoms with E-state index in [4.69, 9.17) is 11.6 Å². The van der Waals surface area contributed by atoms with Gasteiger partial charge in [0.15, 0.2) is 0 Å². The van der Waals surface area contributed by atoms with E-state index in [9.17, 15) is 9.59 Å². The van der Waals surface area contributed by atoms with E-state index in [0.717, 1.165) is 5.56 Å². The Morgan fingerprint density at radius 1 is 0.960 bits per heavy atom. The first-order valence-electron chi connectivity index (χ1n) is 7.91. The van der Waals surface area contributed by atoms with Crippen LogP contribution in [0, 0.1) is 0 Å². The van der Waals surface area contributed by atoms with Gasteiger partial charge in [-0.3, -0.25) is 9.59 Å². The predicted molar refractivity (Wildman–Crippen MR) is 101 cm³/mol. The molecular weight excluding hydrogens is 336 g/mol. The largest absolute Gasteiger partial charge is 0.346 e. The van der Waals surface area contributed by atoms with Crippen molar-refractivity contribution in [2.24, 2.45) is 0 Å². The average molecular weight is 357 g/mol. The Balaban J connectivity index is 2.30. The van der Waals surface area contributed by atoms with Crippen molar-refractivity contribution in [3.8, 4) is 0 Å². The molecule has 5 heteroatoms. The zero-order valence-electron chi connectivity index (χ0n) is 14.5. The quantitative estimate of drug-likeness (QED) is 0.813. The molecule has 0 spiro atoms. The summed E-state index contributed by atoms with van der Waals surface area (Å²) in [6.45, 7) is 5.64. The van der Waals surface area contributed by atoms with Gasteiger partial charge >= 0.3 is 0 Å². The first-order valence-corrected chi connectivity index (χ1v) is 8.28. The number of rotatable bonds is 4. The number of hydrogen-bond acceptors (Lipinski definition) is 2. The molecule has 0 bridgehead atoms. The number of carbonyl (C=O) groups excluding carboxylic acids is 2. The van der Waals surface area contributed by atoms with Crippen LogP contribution in [-0.4, -0.2) is 17.4 Å². The molecule has 0 aliphatic rings. The summed E-state index contributed by atoms with van der Waals surface area (Å²) >= 11 is 5.89. The van der Waals surface area contributed by atoms with Gasteiger partial charge in [-0.1, -0.05) is 41.9 Å². The van der Waals surface area contributed by atoms with Gasteiger partial charge in [-0.2, -0.15) is 0 Å². The molecule has 2 aromatic rings. The van der Waals surface area contributed by atoms with Crippen LogP contribution in [0.4, 0.5) is 0 Å². The fraction of sp³-hybridized carbons (Fsp3) is 0.200. The van der Waals surface area contributed by atoms with E-state index in [2.05, 4.69) is 10.6 Å². The van der Waals surface area contributed by atoms with Gasteiger partial charge in [-0.25, -0.2) is 0 Å². The standard InChI is InChI=1S/C20H21ClN2O2/c1-20(2,3)23-19(25)17(13-14-9-11-16(21)12-10-14)22-18(24)15-7-5-4-6-8-15/h4-13H,1-3H3,(H,22,24)(H,23,25). The van der Waals surface area contributed by atoms with Gasteiger partial charge in [0.2, 0.25) is 0 Å². The molecule has 0 unspecified atom stereocenters. The van der Waals surface area contributed by atoms with Crippen molar-refractivity contribution in [3.05, 3.63) is 76.4 Å². The third-order valence-corrected chi connectivity index (χ3v) is 3.45. The number of halogens is 1. The summed E-state index contributed by atoms with van der Waals surface area (Å²) < 4.78 is 0. The fourth-order valence-electron chi connectivity index (χ4n) is 2.08. The molecule has 0 radical (unpaired) electrons. The molecule has 130 valence electrons. The van der Waals surface area contributed by atoms with Gasteiger partial charge in [-0.15, -0.1) is 0 Å². The number of carbonyl (C=O) groups is 2. The molecule has 0 atom stereocenters. The van der Waals surface area contributed by atoms with E-state index >= 15 is 0 Å². The molecule has 2 amide bonds. The minimum absolute atomic E-state index is 0.172. The van der Waals surface area contributed by atoms with Gasteiger partial charge in [0.25, 0.3) is 11.8 Å². The van der Waals surface area contributed by atoms with E-state index in [1.54, 1.807) is 54.6 Å². The summed E-state index contributed by atoms with van der Waals surface area (Å²) in [7, 11) is 0. The second-order valence-electron chi connectivity index (χ2n) is 6.63. The third kappa shape index (κ3) is 6.08. The first-order chi connectivity index (χ1) is 11.7. The summed E-state index contributed by atoms with van der Waals surface area (Å²) in [6, 6.07) is 15.8. The maximum atomic E-state index is 12.6. The molecule has 0 aromatic heterocycles. The zero-order chi connectivity index (χ0) is 18.4. The Labute approximate surface area is 152 Å². The van der Waals surface area contributed by atoms with Crippen LogP contribution in [-0.2, 0) is 4.79 Å². The van der Waals surface area contributed by atoms with Crippen molar-refractivity contribution in [1.82, 2.24) is 10.6 Å². The first kappa shape index (κ1) is 18.7. The van der Waals surface area contributed by atoms with Crippen LogP contribution in [0.25, 0.3) is 6.08 Å². The topological polar surface area (TPSA) is 58.2 Å². The molecule has 0 saturated carbocycles. The number of nitrogens with one attached hydrogen (secondary N) is 2. The van der Waals surface area contributed by atoms with Gasteiger partial charge in [-0.05, 0) is 56.7 Å². The van der Waals surface area contributed by atoms with Crippen LogP contribution >= 0.6 is 11.6 Å². The van der Waals surface area contributed by atoms with Crippen molar-refractivity contribution in [3.63, 3.8) is 0 Å². The smallest absolute Gasteiger partial charge is 0.268 e. The average Bonchev–Trinajstić information content (AvgIpc) is 2.55. The monoisotopic (exact) mass is 356 g/mol. The van der Waals surface area contributed by atoms with Gasteiger partial charge in [0.1, 0.15) is 5.70 Å². The molecule has 0 heterocycles. The van der Waals surface area contributed by atoms with Crippen LogP contribution in [0.5, 0.6) is 0 Å². The van der Waals surface area contributed by atoms with Gasteiger partial charge in [0, 0.05) is 16.1 Å². The lowest BCUT2D eigenvalue weighted by Crippen LogP contribution is -2.44. The molecule has 2 N–H and O–H groups in total. The Morgan fingerprint density at radius 2 is 1.56 bits per heavy atom. The summed E-state index contributed by atoms with van der Waals surface area (Å²) in [5, 5.41) is 6.16. The highest BCUT2D eigenvalue weighted by Crippen LogP contribution is 2.13. The second kappa shape index (κ2) is 7.99. The molecule has 2 rings (SSSR count). The maximum absolute atomic E-state index is 12.6. The lowest BCUT2D eigenvalue weighted by atomic mass is 10.1. The van der Waals surface area contributed by atoms with E-state index in [0.29, 0.717) is 10.6 Å². The zero-order valence-corrected chi connectivity index (χ0v) is 15.2. The third-order valence-electron chi connectivity index (χ3n) is 3.20. The van der Waals surface area contributed by atoms with Crippen LogP contribution in [0.1, 0.15) is 36.7 Å². The van der Waals surface area contributed by atoms with Crippen LogP contribution in [0.15, 0.2) is 60.3 Å². The molecule has 2 aromatic carbocycles. The highest BCUT2D eigenvalue weighted by atomic mass is 35.5. The lowest BCUT2D eigenvalue weighted by molar-refractivity contribution is -0.119. The maximum Gasteiger partial charge on any atom is 0.268 e. The number of benzene rings is 2. The number of amides is 2. The number of hydrogen-bond donors (Lipinski definition) is 2. The van der Waals surface area contributed by atoms with Crippen molar-refractivity contribution < 1.29 is 9.59 Å². The highest BCUT2D eigenvalue weighted by Gasteiger charge is 2.19. The van der Waals surface area contributed by atoms with Crippen molar-refractivity contribution >= 4 is 29.5 Å². The lowest BCUT2D eigenvalue weighted by Gasteiger charge is -2.22. The summed E-state index contributed by atoms with van der Waals surface area (Å²) in [4.78, 5) is 25.0. The molecule has 0 fully saturated rings. The fourth-order valence-corrected chi connectivity index (χ4v) is 2.20. The Bertz CT molecular complexity index is 776. The van der Waals surface area contributed by atoms with Crippen LogP contribution in [0.3, 0.4) is 0 Å². The summed E-state index contributed by atoms with van der Waals surface area (Å²) in [6.07, 6.45) is 1.62. The molecule has 25 heavy (non-hydrogen) atoms. The predicted octanol–water partition coefficient (Wildman–Crippen LogP) is 4.03. The van der Waals surface area contributed by atoms with Gasteiger partial charge in [0.05, 0.1) is 0 Å². The minimum Gasteiger partial charge on any atom is -0.346 e. The molecule has 0 saturated heterocycles. The van der Waals surface area contributed by atoms with E-state index < -0.39 is 5.54 Å². The van der Waals surface area contributed by atoms with Crippen LogP contribution in [0.2, 0.25) is 5.02 Å². The van der Waals surface area contributed by atoms with Crippen molar-refractivity contribution in [2.45, 2.75) is 26.3 Å². The summed E-state index contributed by atoms with van der Waals surface area (Å²) in [5.41, 5.74) is 0.990. The highest BCUT2D eigenvalue weighted by molar-refractivity contribution is 6.30.